The van der Waals surface area contributed by atoms with E-state index in [0.717, 1.165) is 43.9 Å². The minimum absolute atomic E-state index is 0.892. The third-order valence-electron chi connectivity index (χ3n) is 9.53. The molecule has 2 heterocycles. The van der Waals surface area contributed by atoms with Gasteiger partial charge in [-0.3, -0.25) is 0 Å². The second-order valence-corrected chi connectivity index (χ2v) is 12.0. The van der Waals surface area contributed by atoms with Gasteiger partial charge < -0.3 is 8.83 Å². The van der Waals surface area contributed by atoms with Gasteiger partial charge in [0.25, 0.3) is 0 Å². The van der Waals surface area contributed by atoms with E-state index in [-0.39, 0.29) is 0 Å². The maximum Gasteiger partial charge on any atom is 0.143 e. The van der Waals surface area contributed by atoms with E-state index in [0.29, 0.717) is 0 Å². The van der Waals surface area contributed by atoms with Crippen LogP contribution >= 0.6 is 0 Å². The fraction of sp³-hybridized carbons (Fsp3) is 0. The highest BCUT2D eigenvalue weighted by atomic mass is 16.3. The molecule has 0 atom stereocenters. The molecule has 0 N–H and O–H groups in total. The zero-order valence-corrected chi connectivity index (χ0v) is 24.8. The summed E-state index contributed by atoms with van der Waals surface area (Å²) in [5.74, 6) is 0. The Morgan fingerprint density at radius 3 is 1.74 bits per heavy atom. The second-order valence-electron chi connectivity index (χ2n) is 12.0. The van der Waals surface area contributed by atoms with Crippen molar-refractivity contribution in [3.05, 3.63) is 158 Å². The average Bonchev–Trinajstić information content (AvgIpc) is 3.75. The smallest absolute Gasteiger partial charge is 0.143 e. The minimum Gasteiger partial charge on any atom is -0.464 e. The van der Waals surface area contributed by atoms with E-state index in [1.54, 1.807) is 6.26 Å². The molecule has 46 heavy (non-hydrogen) atoms. The van der Waals surface area contributed by atoms with Gasteiger partial charge in [0.15, 0.2) is 0 Å². The van der Waals surface area contributed by atoms with Gasteiger partial charge in [0.1, 0.15) is 16.7 Å². The van der Waals surface area contributed by atoms with Crippen molar-refractivity contribution in [2.75, 3.05) is 0 Å². The normalized spacial score (nSPS) is 11.9. The largest absolute Gasteiger partial charge is 0.464 e. The monoisotopic (exact) mass is 586 g/mol. The van der Waals surface area contributed by atoms with Crippen molar-refractivity contribution in [1.82, 2.24) is 0 Å². The SMILES string of the molecule is c1ccc(-c2cc3c4cc(-c5c6ccccc6c(-c6cccc7ccoc67)c6ccccc56)ccc4oc3c3ccccc23)cc1. The summed E-state index contributed by atoms with van der Waals surface area (Å²) in [5, 5.41) is 10.5. The second kappa shape index (κ2) is 9.69. The van der Waals surface area contributed by atoms with Crippen molar-refractivity contribution in [1.29, 1.82) is 0 Å². The Hall–Kier alpha value is -6.12. The van der Waals surface area contributed by atoms with Crippen LogP contribution in [-0.4, -0.2) is 0 Å². The van der Waals surface area contributed by atoms with E-state index >= 15 is 0 Å². The molecule has 0 radical (unpaired) electrons. The van der Waals surface area contributed by atoms with Crippen molar-refractivity contribution in [3.63, 3.8) is 0 Å². The molecule has 8 aromatic carbocycles. The van der Waals surface area contributed by atoms with Crippen LogP contribution in [0, 0.1) is 0 Å². The van der Waals surface area contributed by atoms with Gasteiger partial charge in [-0.15, -0.1) is 0 Å². The third-order valence-corrected chi connectivity index (χ3v) is 9.53. The first-order valence-corrected chi connectivity index (χ1v) is 15.7. The lowest BCUT2D eigenvalue weighted by atomic mass is 9.85. The lowest BCUT2D eigenvalue weighted by molar-refractivity contribution is 0.617. The molecule has 0 amide bonds. The molecule has 0 bridgehead atoms. The van der Waals surface area contributed by atoms with Crippen molar-refractivity contribution in [2.24, 2.45) is 0 Å². The van der Waals surface area contributed by atoms with Crippen LogP contribution in [0.25, 0.3) is 98.6 Å². The maximum atomic E-state index is 6.62. The van der Waals surface area contributed by atoms with Crippen molar-refractivity contribution < 1.29 is 8.83 Å². The highest BCUT2D eigenvalue weighted by Gasteiger charge is 2.20. The lowest BCUT2D eigenvalue weighted by Crippen LogP contribution is -1.91. The molecule has 0 fully saturated rings. The Morgan fingerprint density at radius 1 is 0.348 bits per heavy atom. The van der Waals surface area contributed by atoms with Crippen molar-refractivity contribution in [2.45, 2.75) is 0 Å². The molecule has 10 aromatic rings. The highest BCUT2D eigenvalue weighted by molar-refractivity contribution is 6.24. The topological polar surface area (TPSA) is 26.3 Å². The Bertz CT molecular complexity index is 2740. The Kier molecular flexibility index (Phi) is 5.31. The molecule has 0 aliphatic heterocycles. The molecule has 0 saturated heterocycles. The van der Waals surface area contributed by atoms with E-state index in [9.17, 15) is 0 Å². The van der Waals surface area contributed by atoms with Crippen LogP contribution in [-0.2, 0) is 0 Å². The molecule has 2 aromatic heterocycles. The van der Waals surface area contributed by atoms with Crippen LogP contribution in [0.1, 0.15) is 0 Å². The molecule has 10 rings (SSSR count). The molecule has 0 aliphatic carbocycles. The van der Waals surface area contributed by atoms with E-state index < -0.39 is 0 Å². The molecule has 0 aliphatic rings. The number of benzene rings is 8. The van der Waals surface area contributed by atoms with Gasteiger partial charge in [0, 0.05) is 32.7 Å². The Morgan fingerprint density at radius 2 is 1.00 bits per heavy atom. The van der Waals surface area contributed by atoms with Crippen LogP contribution in [0.2, 0.25) is 0 Å². The summed E-state index contributed by atoms with van der Waals surface area (Å²) in [5.41, 5.74) is 9.85. The Balaban J connectivity index is 1.30. The summed E-state index contributed by atoms with van der Waals surface area (Å²) < 4.78 is 12.7. The molecule has 2 nitrogen and oxygen atoms in total. The van der Waals surface area contributed by atoms with Gasteiger partial charge in [0.05, 0.1) is 6.26 Å². The summed E-state index contributed by atoms with van der Waals surface area (Å²) in [6.45, 7) is 0. The van der Waals surface area contributed by atoms with Crippen LogP contribution in [0.5, 0.6) is 0 Å². The predicted molar refractivity (Wildman–Crippen MR) is 192 cm³/mol. The van der Waals surface area contributed by atoms with Crippen molar-refractivity contribution in [3.8, 4) is 33.4 Å². The molecular formula is C44H26O2. The molecule has 0 saturated carbocycles. The summed E-state index contributed by atoms with van der Waals surface area (Å²) >= 11 is 0. The van der Waals surface area contributed by atoms with Gasteiger partial charge in [-0.25, -0.2) is 0 Å². The number of rotatable bonds is 3. The first kappa shape index (κ1) is 25.2. The zero-order chi connectivity index (χ0) is 30.2. The molecule has 0 unspecified atom stereocenters. The number of hydrogen-bond donors (Lipinski definition) is 0. The van der Waals surface area contributed by atoms with Gasteiger partial charge >= 0.3 is 0 Å². The van der Waals surface area contributed by atoms with E-state index in [1.165, 1.54) is 54.7 Å². The van der Waals surface area contributed by atoms with Gasteiger partial charge in [-0.1, -0.05) is 127 Å². The number of fused-ring (bicyclic) bond motifs is 8. The van der Waals surface area contributed by atoms with E-state index in [4.69, 9.17) is 8.83 Å². The molecule has 0 spiro atoms. The Labute approximate surface area is 264 Å². The minimum atomic E-state index is 0.892. The van der Waals surface area contributed by atoms with Gasteiger partial charge in [0.2, 0.25) is 0 Å². The summed E-state index contributed by atoms with van der Waals surface area (Å²) in [7, 11) is 0. The zero-order valence-electron chi connectivity index (χ0n) is 24.8. The summed E-state index contributed by atoms with van der Waals surface area (Å²) in [6.07, 6.45) is 1.78. The maximum absolute atomic E-state index is 6.62. The standard InChI is InChI=1S/C44H26O2/c1-2-11-27(12-3-1)37-26-39-38-25-29(21-22-40(38)46-44(39)35-19-9-4-14-30(35)37)41-31-15-5-7-17-33(31)42(34-18-8-6-16-32(34)41)36-20-10-13-28-23-24-45-43(28)36/h1-26H. The summed E-state index contributed by atoms with van der Waals surface area (Å²) in [6, 6.07) is 54.2. The quantitative estimate of drug-likeness (QED) is 0.193. The molecular weight excluding hydrogens is 560 g/mol. The molecule has 2 heteroatoms. The van der Waals surface area contributed by atoms with Crippen LogP contribution < -0.4 is 0 Å². The van der Waals surface area contributed by atoms with Gasteiger partial charge in [-0.05, 0) is 73.5 Å². The lowest BCUT2D eigenvalue weighted by Gasteiger charge is -2.18. The number of hydrogen-bond acceptors (Lipinski definition) is 2. The first-order chi connectivity index (χ1) is 22.8. The van der Waals surface area contributed by atoms with Crippen LogP contribution in [0.4, 0.5) is 0 Å². The summed E-state index contributed by atoms with van der Waals surface area (Å²) in [4.78, 5) is 0. The van der Waals surface area contributed by atoms with E-state index in [1.807, 2.05) is 6.07 Å². The fourth-order valence-electron chi connectivity index (χ4n) is 7.53. The third kappa shape index (κ3) is 3.59. The predicted octanol–water partition coefficient (Wildman–Crippen LogP) is 12.8. The fourth-order valence-corrected chi connectivity index (χ4v) is 7.53. The first-order valence-electron chi connectivity index (χ1n) is 15.7. The van der Waals surface area contributed by atoms with Crippen LogP contribution in [0.3, 0.4) is 0 Å². The highest BCUT2D eigenvalue weighted by Crippen LogP contribution is 2.47. The molecule has 214 valence electrons. The van der Waals surface area contributed by atoms with Gasteiger partial charge in [-0.2, -0.15) is 0 Å². The van der Waals surface area contributed by atoms with Crippen molar-refractivity contribution >= 4 is 65.2 Å². The number of para-hydroxylation sites is 1. The number of furan rings is 2. The van der Waals surface area contributed by atoms with Crippen LogP contribution in [0.15, 0.2) is 167 Å². The average molecular weight is 587 g/mol. The van der Waals surface area contributed by atoms with E-state index in [2.05, 4.69) is 146 Å².